The molecule has 0 rings (SSSR count). The highest BCUT2D eigenvalue weighted by atomic mass is 32.1. The van der Waals surface area contributed by atoms with Crippen molar-refractivity contribution in [2.24, 2.45) is 5.73 Å². The fourth-order valence-electron chi connectivity index (χ4n) is 1.50. The molecule has 0 bridgehead atoms. The lowest BCUT2D eigenvalue weighted by atomic mass is 10.2. The number of aliphatic hydroxyl groups excluding tert-OH is 1. The molecule has 0 fully saturated rings. The van der Waals surface area contributed by atoms with E-state index >= 15 is 0 Å². The van der Waals surface area contributed by atoms with Crippen molar-refractivity contribution in [1.82, 2.24) is 9.80 Å². The van der Waals surface area contributed by atoms with E-state index in [4.69, 9.17) is 23.1 Å². The van der Waals surface area contributed by atoms with Crippen molar-refractivity contribution in [2.75, 3.05) is 40.3 Å². The molecule has 0 heterocycles. The molecule has 18 heavy (non-hydrogen) atoms. The first kappa shape index (κ1) is 17.3. The van der Waals surface area contributed by atoms with E-state index in [1.807, 2.05) is 11.9 Å². The molecule has 0 unspecified atom stereocenters. The Morgan fingerprint density at radius 1 is 1.22 bits per heavy atom. The van der Waals surface area contributed by atoms with Crippen molar-refractivity contribution < 1.29 is 9.90 Å². The van der Waals surface area contributed by atoms with Crippen molar-refractivity contribution in [1.29, 1.82) is 0 Å². The Balaban J connectivity index is 3.74. The van der Waals surface area contributed by atoms with Gasteiger partial charge in [0.05, 0.1) is 11.5 Å². The number of hydrogen-bond acceptors (Lipinski definition) is 4. The Labute approximate surface area is 115 Å². The molecule has 0 aliphatic carbocycles. The zero-order valence-electron chi connectivity index (χ0n) is 11.4. The van der Waals surface area contributed by atoms with Gasteiger partial charge in [-0.15, -0.1) is 0 Å². The molecule has 6 heteroatoms. The van der Waals surface area contributed by atoms with Gasteiger partial charge >= 0.3 is 0 Å². The Morgan fingerprint density at radius 2 is 1.89 bits per heavy atom. The first-order chi connectivity index (χ1) is 8.47. The molecule has 0 aliphatic rings. The van der Waals surface area contributed by atoms with Gasteiger partial charge in [0.2, 0.25) is 5.91 Å². The highest BCUT2D eigenvalue weighted by molar-refractivity contribution is 7.80. The van der Waals surface area contributed by atoms with Gasteiger partial charge in [-0.25, -0.2) is 0 Å². The summed E-state index contributed by atoms with van der Waals surface area (Å²) < 4.78 is 0. The van der Waals surface area contributed by atoms with Gasteiger partial charge in [-0.2, -0.15) is 0 Å². The number of rotatable bonds is 10. The van der Waals surface area contributed by atoms with Crippen LogP contribution in [0.3, 0.4) is 0 Å². The number of likely N-dealkylation sites (N-methyl/N-ethyl adjacent to an activating group) is 2. The molecule has 5 nitrogen and oxygen atoms in total. The fourth-order valence-corrected chi connectivity index (χ4v) is 1.59. The third-order valence-electron chi connectivity index (χ3n) is 2.72. The third-order valence-corrected chi connectivity index (χ3v) is 2.93. The summed E-state index contributed by atoms with van der Waals surface area (Å²) in [5.74, 6) is 0.0795. The lowest BCUT2D eigenvalue weighted by Crippen LogP contribution is -2.38. The number of hydrogen-bond donors (Lipinski definition) is 2. The van der Waals surface area contributed by atoms with Crippen LogP contribution in [0.5, 0.6) is 0 Å². The summed E-state index contributed by atoms with van der Waals surface area (Å²) in [5, 5.41) is 8.66. The number of amides is 1. The summed E-state index contributed by atoms with van der Waals surface area (Å²) in [5.41, 5.74) is 5.40. The van der Waals surface area contributed by atoms with E-state index in [1.54, 1.807) is 11.9 Å². The number of unbranched alkanes of at least 4 members (excludes halogenated alkanes) is 2. The van der Waals surface area contributed by atoms with Crippen LogP contribution in [0.15, 0.2) is 0 Å². The predicted octanol–water partition coefficient (Wildman–Crippen LogP) is 0.215. The maximum atomic E-state index is 11.8. The summed E-state index contributed by atoms with van der Waals surface area (Å²) >= 11 is 4.78. The number of aliphatic hydroxyl groups is 1. The van der Waals surface area contributed by atoms with Crippen LogP contribution in [0.25, 0.3) is 0 Å². The average molecular weight is 275 g/mol. The zero-order chi connectivity index (χ0) is 14.0. The molecular weight excluding hydrogens is 250 g/mol. The topological polar surface area (TPSA) is 69.8 Å². The molecule has 106 valence electrons. The number of thiocarbonyl (C=S) groups is 1. The van der Waals surface area contributed by atoms with E-state index in [9.17, 15) is 4.79 Å². The first-order valence-electron chi connectivity index (χ1n) is 6.29. The van der Waals surface area contributed by atoms with Crippen LogP contribution in [-0.2, 0) is 4.79 Å². The molecule has 0 saturated carbocycles. The van der Waals surface area contributed by atoms with E-state index in [0.717, 1.165) is 25.8 Å². The molecule has 0 aliphatic heterocycles. The molecule has 1 amide bonds. The minimum absolute atomic E-state index is 0.0795. The molecule has 0 aromatic rings. The summed E-state index contributed by atoms with van der Waals surface area (Å²) in [6, 6.07) is 0. The van der Waals surface area contributed by atoms with Crippen LogP contribution < -0.4 is 5.73 Å². The summed E-state index contributed by atoms with van der Waals surface area (Å²) in [7, 11) is 3.69. The molecule has 0 aromatic heterocycles. The Morgan fingerprint density at radius 3 is 2.44 bits per heavy atom. The lowest BCUT2D eigenvalue weighted by molar-refractivity contribution is -0.130. The smallest absolute Gasteiger partial charge is 0.236 e. The standard InChI is InChI=1S/C12H25N3O2S/c1-14(7-4-3-5-9-16)10-12(17)15(2)8-6-11(13)18/h16H,3-10H2,1-2H3,(H2,13,18). The van der Waals surface area contributed by atoms with Crippen molar-refractivity contribution in [3.63, 3.8) is 0 Å². The number of nitrogens with two attached hydrogens (primary N) is 1. The molecule has 3 N–H and O–H groups in total. The quantitative estimate of drug-likeness (QED) is 0.441. The number of carbonyl (C=O) groups is 1. The van der Waals surface area contributed by atoms with E-state index in [-0.39, 0.29) is 12.5 Å². The predicted molar refractivity (Wildman–Crippen MR) is 77.5 cm³/mol. The zero-order valence-corrected chi connectivity index (χ0v) is 12.2. The van der Waals surface area contributed by atoms with Gasteiger partial charge in [-0.3, -0.25) is 9.69 Å². The molecule has 0 spiro atoms. The highest BCUT2D eigenvalue weighted by Gasteiger charge is 2.11. The van der Waals surface area contributed by atoms with Crippen molar-refractivity contribution >= 4 is 23.1 Å². The van der Waals surface area contributed by atoms with Gasteiger partial charge in [0, 0.05) is 26.6 Å². The molecule has 0 atom stereocenters. The Hall–Kier alpha value is -0.720. The van der Waals surface area contributed by atoms with Crippen LogP contribution in [0.1, 0.15) is 25.7 Å². The fraction of sp³-hybridized carbons (Fsp3) is 0.833. The van der Waals surface area contributed by atoms with Crippen molar-refractivity contribution in [3.05, 3.63) is 0 Å². The van der Waals surface area contributed by atoms with Gasteiger partial charge in [0.25, 0.3) is 0 Å². The van der Waals surface area contributed by atoms with Crippen LogP contribution >= 0.6 is 12.2 Å². The number of carbonyl (C=O) groups excluding carboxylic acids is 1. The molecule has 0 radical (unpaired) electrons. The second kappa shape index (κ2) is 10.2. The highest BCUT2D eigenvalue weighted by Crippen LogP contribution is 1.98. The second-order valence-electron chi connectivity index (χ2n) is 4.55. The van der Waals surface area contributed by atoms with Gasteiger partial charge in [-0.05, 0) is 32.9 Å². The molecular formula is C12H25N3O2S. The minimum atomic E-state index is 0.0795. The lowest BCUT2D eigenvalue weighted by Gasteiger charge is -2.21. The van der Waals surface area contributed by atoms with Crippen molar-refractivity contribution in [2.45, 2.75) is 25.7 Å². The Bertz CT molecular complexity index is 262. The van der Waals surface area contributed by atoms with Gasteiger partial charge in [0.15, 0.2) is 0 Å². The minimum Gasteiger partial charge on any atom is -0.396 e. The number of nitrogens with zero attached hydrogens (tertiary/aromatic N) is 2. The van der Waals surface area contributed by atoms with Gasteiger partial charge < -0.3 is 15.7 Å². The first-order valence-corrected chi connectivity index (χ1v) is 6.70. The van der Waals surface area contributed by atoms with Crippen LogP contribution in [0.2, 0.25) is 0 Å². The van der Waals surface area contributed by atoms with Gasteiger partial charge in [-0.1, -0.05) is 12.2 Å². The summed E-state index contributed by atoms with van der Waals surface area (Å²) in [6.45, 7) is 2.10. The van der Waals surface area contributed by atoms with E-state index < -0.39 is 0 Å². The summed E-state index contributed by atoms with van der Waals surface area (Å²) in [4.78, 5) is 15.9. The van der Waals surface area contributed by atoms with Gasteiger partial charge in [0.1, 0.15) is 0 Å². The average Bonchev–Trinajstić information content (AvgIpc) is 2.31. The monoisotopic (exact) mass is 275 g/mol. The maximum absolute atomic E-state index is 11.8. The van der Waals surface area contributed by atoms with E-state index in [2.05, 4.69) is 0 Å². The van der Waals surface area contributed by atoms with E-state index in [1.165, 1.54) is 0 Å². The van der Waals surface area contributed by atoms with Crippen LogP contribution in [0, 0.1) is 0 Å². The Kier molecular flexibility index (Phi) is 9.82. The van der Waals surface area contributed by atoms with Crippen molar-refractivity contribution in [3.8, 4) is 0 Å². The third kappa shape index (κ3) is 9.32. The normalized spacial score (nSPS) is 10.7. The summed E-state index contributed by atoms with van der Waals surface area (Å²) in [6.07, 6.45) is 3.39. The molecule has 0 saturated heterocycles. The van der Waals surface area contributed by atoms with Crippen LogP contribution in [0.4, 0.5) is 0 Å². The SMILES string of the molecule is CN(CCCCCO)CC(=O)N(C)CCC(N)=S. The second-order valence-corrected chi connectivity index (χ2v) is 5.08. The largest absolute Gasteiger partial charge is 0.396 e. The van der Waals surface area contributed by atoms with E-state index in [0.29, 0.717) is 24.5 Å². The molecule has 0 aromatic carbocycles. The van der Waals surface area contributed by atoms with Crippen LogP contribution in [-0.4, -0.2) is 66.1 Å². The maximum Gasteiger partial charge on any atom is 0.236 e.